The van der Waals surface area contributed by atoms with Gasteiger partial charge in [-0.15, -0.1) is 0 Å². The number of furan rings is 1. The lowest BCUT2D eigenvalue weighted by atomic mass is 10.1. The molecule has 1 aromatic heterocycles. The Hall–Kier alpha value is -4.45. The summed E-state index contributed by atoms with van der Waals surface area (Å²) >= 11 is 0. The number of amides is 2. The molecule has 6 nitrogen and oxygen atoms in total. The lowest BCUT2D eigenvalue weighted by Crippen LogP contribution is -2.28. The van der Waals surface area contributed by atoms with Crippen LogP contribution in [0.3, 0.4) is 0 Å². The molecule has 1 heterocycles. The lowest BCUT2D eigenvalue weighted by molar-refractivity contribution is 0.0940. The van der Waals surface area contributed by atoms with Crippen molar-refractivity contribution in [1.29, 1.82) is 0 Å². The number of hydrogen-bond acceptors (Lipinski definition) is 4. The van der Waals surface area contributed by atoms with Crippen molar-refractivity contribution in [2.75, 3.05) is 5.32 Å². The number of hydrogen-bond donors (Lipinski definition) is 2. The predicted molar refractivity (Wildman–Crippen MR) is 131 cm³/mol. The van der Waals surface area contributed by atoms with Crippen LogP contribution in [0.4, 0.5) is 5.69 Å². The van der Waals surface area contributed by atoms with Gasteiger partial charge in [0.15, 0.2) is 11.5 Å². The number of carbonyl (C=O) groups excluding carboxylic acids is 3. The second-order valence-corrected chi connectivity index (χ2v) is 7.90. The van der Waals surface area contributed by atoms with Crippen LogP contribution in [0.5, 0.6) is 0 Å². The minimum atomic E-state index is -0.469. The van der Waals surface area contributed by atoms with Crippen molar-refractivity contribution in [3.8, 4) is 11.3 Å². The van der Waals surface area contributed by atoms with Crippen molar-refractivity contribution in [2.24, 2.45) is 0 Å². The number of para-hydroxylation sites is 1. The normalized spacial score (nSPS) is 11.5. The van der Waals surface area contributed by atoms with Gasteiger partial charge in [0.1, 0.15) is 5.76 Å². The molecule has 3 aromatic carbocycles. The van der Waals surface area contributed by atoms with E-state index in [-0.39, 0.29) is 23.5 Å². The van der Waals surface area contributed by atoms with Crippen LogP contribution in [0.1, 0.15) is 56.7 Å². The molecule has 0 aliphatic heterocycles. The first kappa shape index (κ1) is 22.7. The van der Waals surface area contributed by atoms with Gasteiger partial charge in [0, 0.05) is 11.1 Å². The summed E-state index contributed by atoms with van der Waals surface area (Å²) in [5, 5.41) is 5.74. The van der Waals surface area contributed by atoms with E-state index in [1.807, 2.05) is 37.3 Å². The Morgan fingerprint density at radius 2 is 1.44 bits per heavy atom. The Balaban J connectivity index is 1.48. The third kappa shape index (κ3) is 5.13. The van der Waals surface area contributed by atoms with E-state index in [9.17, 15) is 14.4 Å². The number of benzene rings is 3. The van der Waals surface area contributed by atoms with Gasteiger partial charge in [0.25, 0.3) is 11.8 Å². The molecule has 0 saturated carbocycles. The fraction of sp³-hybridized carbons (Fsp3) is 0.107. The Labute approximate surface area is 197 Å². The van der Waals surface area contributed by atoms with Crippen LogP contribution in [0.15, 0.2) is 95.4 Å². The van der Waals surface area contributed by atoms with Gasteiger partial charge >= 0.3 is 0 Å². The largest absolute Gasteiger partial charge is 0.451 e. The first-order chi connectivity index (χ1) is 16.4. The third-order valence-corrected chi connectivity index (χ3v) is 5.47. The highest BCUT2D eigenvalue weighted by Crippen LogP contribution is 2.24. The molecule has 2 N–H and O–H groups in total. The average Bonchev–Trinajstić information content (AvgIpc) is 3.35. The van der Waals surface area contributed by atoms with Gasteiger partial charge in [0.05, 0.1) is 17.3 Å². The summed E-state index contributed by atoms with van der Waals surface area (Å²) in [4.78, 5) is 37.2. The molecule has 0 aliphatic rings. The highest BCUT2D eigenvalue weighted by molar-refractivity contribution is 6.08. The number of carbonyl (C=O) groups is 3. The summed E-state index contributed by atoms with van der Waals surface area (Å²) in [6, 6.07) is 26.5. The summed E-state index contributed by atoms with van der Waals surface area (Å²) in [6.07, 6.45) is 0. The molecule has 0 fully saturated rings. The molecule has 34 heavy (non-hydrogen) atoms. The molecule has 2 amide bonds. The predicted octanol–water partition coefficient (Wildman–Crippen LogP) is 5.89. The maximum atomic E-state index is 12.9. The molecular weight excluding hydrogens is 428 g/mol. The molecule has 0 bridgehead atoms. The Kier molecular flexibility index (Phi) is 6.69. The van der Waals surface area contributed by atoms with E-state index in [0.29, 0.717) is 22.6 Å². The average molecular weight is 453 g/mol. The summed E-state index contributed by atoms with van der Waals surface area (Å²) < 4.78 is 5.73. The van der Waals surface area contributed by atoms with Gasteiger partial charge in [-0.1, -0.05) is 66.7 Å². The second-order valence-electron chi connectivity index (χ2n) is 7.90. The zero-order valence-electron chi connectivity index (χ0n) is 18.9. The van der Waals surface area contributed by atoms with Crippen molar-refractivity contribution >= 4 is 23.3 Å². The molecule has 0 radical (unpaired) electrons. The molecule has 170 valence electrons. The molecule has 6 heteroatoms. The Morgan fingerprint density at radius 1 is 0.765 bits per heavy atom. The number of anilines is 1. The van der Waals surface area contributed by atoms with Crippen molar-refractivity contribution in [1.82, 2.24) is 5.32 Å². The summed E-state index contributed by atoms with van der Waals surface area (Å²) in [7, 11) is 0. The molecule has 0 saturated heterocycles. The van der Waals surface area contributed by atoms with Gasteiger partial charge in [-0.2, -0.15) is 0 Å². The summed E-state index contributed by atoms with van der Waals surface area (Å²) in [5.74, 6) is -0.172. The van der Waals surface area contributed by atoms with Gasteiger partial charge in [0.2, 0.25) is 0 Å². The van der Waals surface area contributed by atoms with Crippen molar-refractivity contribution < 1.29 is 18.8 Å². The molecule has 4 aromatic rings. The van der Waals surface area contributed by atoms with Crippen LogP contribution < -0.4 is 10.6 Å². The van der Waals surface area contributed by atoms with Gasteiger partial charge in [-0.25, -0.2) is 0 Å². The van der Waals surface area contributed by atoms with E-state index in [0.717, 1.165) is 11.1 Å². The second kappa shape index (κ2) is 10.0. The molecule has 0 aliphatic carbocycles. The Bertz CT molecular complexity index is 1320. The molecule has 0 spiro atoms. The lowest BCUT2D eigenvalue weighted by Gasteiger charge is -2.16. The first-order valence-corrected chi connectivity index (χ1v) is 10.9. The maximum Gasteiger partial charge on any atom is 0.291 e. The van der Waals surface area contributed by atoms with E-state index < -0.39 is 5.91 Å². The topological polar surface area (TPSA) is 88.4 Å². The maximum absolute atomic E-state index is 12.9. The zero-order valence-corrected chi connectivity index (χ0v) is 18.9. The van der Waals surface area contributed by atoms with Crippen LogP contribution in [-0.4, -0.2) is 17.6 Å². The molecule has 1 unspecified atom stereocenters. The number of rotatable bonds is 7. The molecule has 1 atom stereocenters. The first-order valence-electron chi connectivity index (χ1n) is 10.9. The smallest absolute Gasteiger partial charge is 0.291 e. The van der Waals surface area contributed by atoms with Crippen molar-refractivity contribution in [3.05, 3.63) is 113 Å². The minimum absolute atomic E-state index is 0.0214. The fourth-order valence-corrected chi connectivity index (χ4v) is 3.56. The van der Waals surface area contributed by atoms with Crippen LogP contribution in [-0.2, 0) is 0 Å². The third-order valence-electron chi connectivity index (χ3n) is 5.47. The highest BCUT2D eigenvalue weighted by Gasteiger charge is 2.18. The van der Waals surface area contributed by atoms with Crippen molar-refractivity contribution in [3.63, 3.8) is 0 Å². The summed E-state index contributed by atoms with van der Waals surface area (Å²) in [5.41, 5.74) is 3.07. The Morgan fingerprint density at radius 3 is 2.15 bits per heavy atom. The highest BCUT2D eigenvalue weighted by atomic mass is 16.3. The van der Waals surface area contributed by atoms with Crippen LogP contribution in [0.25, 0.3) is 11.3 Å². The number of ketones is 1. The van der Waals surface area contributed by atoms with Gasteiger partial charge in [-0.3, -0.25) is 14.4 Å². The SMILES string of the molecule is CC(=O)c1ccc(-c2ccc(C(=O)Nc3ccccc3C(=O)NC(C)c3ccccc3)o2)cc1. The summed E-state index contributed by atoms with van der Waals surface area (Å²) in [6.45, 7) is 3.41. The van der Waals surface area contributed by atoms with Crippen LogP contribution in [0.2, 0.25) is 0 Å². The minimum Gasteiger partial charge on any atom is -0.451 e. The van der Waals surface area contributed by atoms with Gasteiger partial charge in [-0.05, 0) is 43.7 Å². The van der Waals surface area contributed by atoms with Crippen molar-refractivity contribution in [2.45, 2.75) is 19.9 Å². The zero-order chi connectivity index (χ0) is 24.1. The van der Waals surface area contributed by atoms with Gasteiger partial charge < -0.3 is 15.1 Å². The van der Waals surface area contributed by atoms with E-state index >= 15 is 0 Å². The monoisotopic (exact) mass is 452 g/mol. The quantitative estimate of drug-likeness (QED) is 0.342. The van der Waals surface area contributed by atoms with E-state index in [1.54, 1.807) is 60.7 Å². The van der Waals surface area contributed by atoms with E-state index in [4.69, 9.17) is 4.42 Å². The molecule has 4 rings (SSSR count). The number of nitrogens with one attached hydrogen (secondary N) is 2. The number of Topliss-reactive ketones (excluding diaryl/α,β-unsaturated/α-hetero) is 1. The van der Waals surface area contributed by atoms with Crippen LogP contribution in [0, 0.1) is 0 Å². The van der Waals surface area contributed by atoms with Crippen LogP contribution >= 0.6 is 0 Å². The molecular formula is C28H24N2O4. The van der Waals surface area contributed by atoms with E-state index in [1.165, 1.54) is 6.92 Å². The van der Waals surface area contributed by atoms with E-state index in [2.05, 4.69) is 10.6 Å². The fourth-order valence-electron chi connectivity index (χ4n) is 3.56. The standard InChI is InChI=1S/C28H24N2O4/c1-18(20-8-4-3-5-9-20)29-27(32)23-10-6-7-11-24(23)30-28(33)26-17-16-25(34-26)22-14-12-21(13-15-22)19(2)31/h3-18H,1-2H3,(H,29,32)(H,30,33).